The van der Waals surface area contributed by atoms with Gasteiger partial charge in [0, 0.05) is 71.6 Å². The fourth-order valence-electron chi connectivity index (χ4n) is 10.3. The Hall–Kier alpha value is -4.83. The molecular weight excluding hydrogens is 1060 g/mol. The molecule has 0 spiro atoms. The van der Waals surface area contributed by atoms with Gasteiger partial charge < -0.3 is 14.9 Å². The number of hydrogen-bond donors (Lipinski definition) is 6. The van der Waals surface area contributed by atoms with Crippen molar-refractivity contribution in [3.05, 3.63) is 100 Å². The number of benzene rings is 3. The van der Waals surface area contributed by atoms with Gasteiger partial charge in [-0.25, -0.2) is 0 Å². The Labute approximate surface area is 433 Å². The fourth-order valence-corrected chi connectivity index (χ4v) is 13.2. The number of nitrogens with zero attached hydrogens (tertiary/aromatic N) is 3. The van der Waals surface area contributed by atoms with Gasteiger partial charge in [0.15, 0.2) is 5.71 Å². The average molecular weight is 1130 g/mol. The molecule has 0 saturated carbocycles. The third-order valence-corrected chi connectivity index (χ3v) is 18.2. The first-order chi connectivity index (χ1) is 34.0. The van der Waals surface area contributed by atoms with Gasteiger partial charge in [0.2, 0.25) is 5.69 Å². The second-order valence-electron chi connectivity index (χ2n) is 20.0. The van der Waals surface area contributed by atoms with Gasteiger partial charge in [-0.1, -0.05) is 39.3 Å². The molecule has 3 aromatic carbocycles. The van der Waals surface area contributed by atoms with Crippen LogP contribution in [0.2, 0.25) is 0 Å². The van der Waals surface area contributed by atoms with E-state index < -0.39 is 100 Å². The van der Waals surface area contributed by atoms with Crippen LogP contribution in [-0.4, -0.2) is 130 Å². The van der Waals surface area contributed by atoms with Crippen LogP contribution in [0.3, 0.4) is 0 Å². The van der Waals surface area contributed by atoms with E-state index in [9.17, 15) is 74.8 Å². The van der Waals surface area contributed by atoms with E-state index in [1.807, 2.05) is 56.0 Å². The van der Waals surface area contributed by atoms with E-state index in [0.29, 0.717) is 40.8 Å². The molecule has 3 aliphatic rings. The molecule has 1 aliphatic carbocycles. The predicted molar refractivity (Wildman–Crippen MR) is 282 cm³/mol. The van der Waals surface area contributed by atoms with E-state index in [-0.39, 0.29) is 62.5 Å². The average Bonchev–Trinajstić information content (AvgIpc) is 3.61. The minimum Gasteiger partial charge on any atom is -0.481 e. The van der Waals surface area contributed by atoms with Gasteiger partial charge in [-0.15, -0.1) is 0 Å². The number of carboxylic acid groups (broad SMARTS) is 1. The highest BCUT2D eigenvalue weighted by molar-refractivity contribution is 7.87. The normalized spacial score (nSPS) is 19.3. The minimum absolute atomic E-state index is 0.00658. The van der Waals surface area contributed by atoms with Crippen molar-refractivity contribution < 1.29 is 79.3 Å². The van der Waals surface area contributed by atoms with Crippen LogP contribution in [0, 0.1) is 5.92 Å². The minimum atomic E-state index is -5.05. The standard InChI is InChI=1S/C49H63N3O17S5/c1-7-8-22-51-41-16-14-36(50(20-9-24-70(55,56)57)21-10-25-71(58,59)60)29-40(41)48(3,4)44(51)18-12-33-27-35(47(53)54)28-34(32(33)2)13-19-45-49(5,6)46-39-30-37(73(64,65)66)31-43(74(67,68)69)38(39)15-17-42(46)52(45)23-11-26-72(61,62)63/h12-19,29-31,35H,7-11,20-28H2,1-6H3,(H5-,53,54,55,56,57,58,59,60,61,62,63,64,65,66,67,68,69)/p+1. The Morgan fingerprint density at radius 1 is 0.730 bits per heavy atom. The molecule has 406 valence electrons. The smallest absolute Gasteiger partial charge is 0.307 e. The zero-order valence-corrected chi connectivity index (χ0v) is 46.0. The molecule has 0 saturated heterocycles. The summed E-state index contributed by atoms with van der Waals surface area (Å²) in [5.41, 5.74) is 5.09. The largest absolute Gasteiger partial charge is 0.481 e. The third kappa shape index (κ3) is 13.4. The fraction of sp³-hybridized carbons (Fsp3) is 0.469. The predicted octanol–water partition coefficient (Wildman–Crippen LogP) is 7.13. The zero-order valence-electron chi connectivity index (χ0n) is 41.9. The van der Waals surface area contributed by atoms with Crippen LogP contribution in [0.5, 0.6) is 0 Å². The van der Waals surface area contributed by atoms with Crippen molar-refractivity contribution in [2.24, 2.45) is 5.92 Å². The molecule has 2 heterocycles. The second kappa shape index (κ2) is 21.7. The highest BCUT2D eigenvalue weighted by Crippen LogP contribution is 2.50. The Morgan fingerprint density at radius 2 is 1.34 bits per heavy atom. The number of allylic oxidation sites excluding steroid dienone is 8. The molecule has 6 N–H and O–H groups in total. The van der Waals surface area contributed by atoms with Crippen molar-refractivity contribution >= 4 is 90.1 Å². The van der Waals surface area contributed by atoms with Gasteiger partial charge in [0.25, 0.3) is 50.6 Å². The lowest BCUT2D eigenvalue weighted by Gasteiger charge is -2.28. The number of hydrogen-bond acceptors (Lipinski definition) is 13. The molecule has 1 atom stereocenters. The van der Waals surface area contributed by atoms with Crippen molar-refractivity contribution in [3.63, 3.8) is 0 Å². The Kier molecular flexibility index (Phi) is 17.1. The van der Waals surface area contributed by atoms with Crippen LogP contribution in [-0.2, 0) is 66.2 Å². The van der Waals surface area contributed by atoms with E-state index >= 15 is 0 Å². The van der Waals surface area contributed by atoms with E-state index in [1.54, 1.807) is 36.6 Å². The number of carboxylic acids is 1. The van der Waals surface area contributed by atoms with Crippen molar-refractivity contribution in [3.8, 4) is 0 Å². The van der Waals surface area contributed by atoms with Gasteiger partial charge in [-0.2, -0.15) is 46.7 Å². The van der Waals surface area contributed by atoms with E-state index in [1.165, 1.54) is 6.07 Å². The number of fused-ring (bicyclic) bond motifs is 4. The van der Waals surface area contributed by atoms with Crippen molar-refractivity contribution in [1.82, 2.24) is 0 Å². The van der Waals surface area contributed by atoms with Crippen molar-refractivity contribution in [1.29, 1.82) is 0 Å². The molecule has 0 bridgehead atoms. The molecule has 20 nitrogen and oxygen atoms in total. The summed E-state index contributed by atoms with van der Waals surface area (Å²) in [6.07, 6.45) is 9.41. The summed E-state index contributed by atoms with van der Waals surface area (Å²) in [6.45, 7) is 12.5. The van der Waals surface area contributed by atoms with E-state index in [4.69, 9.17) is 0 Å². The van der Waals surface area contributed by atoms with Crippen LogP contribution >= 0.6 is 0 Å². The summed E-state index contributed by atoms with van der Waals surface area (Å²) in [5, 5.41) is 10.5. The first-order valence-corrected chi connectivity index (χ1v) is 31.5. The molecule has 0 aromatic heterocycles. The van der Waals surface area contributed by atoms with Crippen LogP contribution in [0.4, 0.5) is 17.1 Å². The molecule has 0 fully saturated rings. The zero-order chi connectivity index (χ0) is 55.1. The summed E-state index contributed by atoms with van der Waals surface area (Å²) in [7, 11) is -23.0. The first-order valence-electron chi connectivity index (χ1n) is 23.8. The van der Waals surface area contributed by atoms with Crippen molar-refractivity contribution in [2.45, 2.75) is 107 Å². The summed E-state index contributed by atoms with van der Waals surface area (Å²) in [4.78, 5) is 15.3. The second-order valence-corrected chi connectivity index (χ2v) is 27.5. The number of carbonyl (C=O) groups is 1. The summed E-state index contributed by atoms with van der Waals surface area (Å²) < 4.78 is 171. The van der Waals surface area contributed by atoms with Gasteiger partial charge in [-0.05, 0) is 123 Å². The highest BCUT2D eigenvalue weighted by Gasteiger charge is 2.47. The van der Waals surface area contributed by atoms with Gasteiger partial charge in [0.05, 0.1) is 33.5 Å². The molecule has 2 aliphatic heterocycles. The van der Waals surface area contributed by atoms with Crippen LogP contribution in [0.25, 0.3) is 10.8 Å². The Morgan fingerprint density at radius 3 is 1.89 bits per heavy atom. The lowest BCUT2D eigenvalue weighted by atomic mass is 9.77. The monoisotopic (exact) mass is 1130 g/mol. The topological polar surface area (TPSA) is 319 Å². The highest BCUT2D eigenvalue weighted by atomic mass is 32.2. The maximum absolute atomic E-state index is 12.8. The molecule has 1 unspecified atom stereocenters. The molecular formula is C49H64N3O17S5+. The maximum Gasteiger partial charge on any atom is 0.307 e. The van der Waals surface area contributed by atoms with Gasteiger partial charge >= 0.3 is 5.97 Å². The number of anilines is 2. The molecule has 0 radical (unpaired) electrons. The summed E-state index contributed by atoms with van der Waals surface area (Å²) >= 11 is 0. The molecule has 25 heteroatoms. The maximum atomic E-state index is 12.8. The number of rotatable bonds is 22. The first kappa shape index (κ1) is 58.4. The van der Waals surface area contributed by atoms with E-state index in [0.717, 1.165) is 47.0 Å². The quantitative estimate of drug-likeness (QED) is 0.0430. The SMILES string of the molecule is CCCCN1C(=CC=C2CC(C(=O)O)CC(C=CC3=[N+](CCCS(=O)(=O)O)c4ccc5c(S(=O)(=O)O)cc(S(=O)(=O)O)cc5c4C3(C)C)=C2C)C(C)(C)c2cc(N(CCCS(=O)(=O)O)CCCS(=O)(=O)O)ccc21. The lowest BCUT2D eigenvalue weighted by molar-refractivity contribution is -0.437. The Balaban J connectivity index is 1.45. The Bertz CT molecular complexity index is 3470. The van der Waals surface area contributed by atoms with E-state index in [2.05, 4.69) is 11.8 Å². The van der Waals surface area contributed by atoms with Crippen molar-refractivity contribution in [2.75, 3.05) is 53.2 Å². The summed E-state index contributed by atoms with van der Waals surface area (Å²) in [6, 6.07) is 10.4. The van der Waals surface area contributed by atoms with Gasteiger partial charge in [-0.3, -0.25) is 27.6 Å². The molecule has 0 amide bonds. The molecule has 6 rings (SSSR count). The lowest BCUT2D eigenvalue weighted by Crippen LogP contribution is -2.29. The third-order valence-electron chi connectivity index (χ3n) is 14.0. The van der Waals surface area contributed by atoms with Crippen LogP contribution in [0.1, 0.15) is 97.6 Å². The van der Waals surface area contributed by atoms with Crippen LogP contribution in [0.15, 0.2) is 99.0 Å². The number of aliphatic carboxylic acids is 1. The van der Waals surface area contributed by atoms with Crippen LogP contribution < -0.4 is 9.80 Å². The van der Waals surface area contributed by atoms with Gasteiger partial charge in [0.1, 0.15) is 11.4 Å². The summed E-state index contributed by atoms with van der Waals surface area (Å²) in [5.74, 6) is -3.52. The molecule has 3 aromatic rings. The molecule has 74 heavy (non-hydrogen) atoms. The number of unbranched alkanes of at least 4 members (excludes halogenated alkanes) is 1.